The van der Waals surface area contributed by atoms with E-state index in [4.69, 9.17) is 9.72 Å². The number of benzene rings is 2. The molecule has 0 radical (unpaired) electrons. The molecular weight excluding hydrogens is 388 g/mol. The van der Waals surface area contributed by atoms with E-state index in [9.17, 15) is 4.79 Å². The molecule has 4 rings (SSSR count). The van der Waals surface area contributed by atoms with Gasteiger partial charge in [-0.25, -0.2) is 4.68 Å². The van der Waals surface area contributed by atoms with Crippen molar-refractivity contribution in [1.82, 2.24) is 14.8 Å². The lowest BCUT2D eigenvalue weighted by atomic mass is 10.1. The number of anilines is 1. The first-order chi connectivity index (χ1) is 14.8. The lowest BCUT2D eigenvalue weighted by Crippen LogP contribution is -2.30. The molecule has 2 heterocycles. The summed E-state index contributed by atoms with van der Waals surface area (Å²) in [5, 5.41) is 8.60. The van der Waals surface area contributed by atoms with Gasteiger partial charge in [0.2, 0.25) is 5.88 Å². The molecule has 0 aliphatic carbocycles. The molecule has 6 nitrogen and oxygen atoms in total. The van der Waals surface area contributed by atoms with Crippen LogP contribution in [0.15, 0.2) is 54.6 Å². The minimum Gasteiger partial charge on any atom is -0.464 e. The number of nitrogens with one attached hydrogen (secondary N) is 1. The Hall–Kier alpha value is -3.67. The van der Waals surface area contributed by atoms with Crippen molar-refractivity contribution in [1.29, 1.82) is 0 Å². The van der Waals surface area contributed by atoms with Crippen molar-refractivity contribution in [3.8, 4) is 11.6 Å². The molecule has 158 valence electrons. The molecule has 1 amide bonds. The van der Waals surface area contributed by atoms with Crippen LogP contribution in [0.3, 0.4) is 0 Å². The number of para-hydroxylation sites is 1. The smallest absolute Gasteiger partial charge is 0.265 e. The Kier molecular flexibility index (Phi) is 5.46. The number of aromatic nitrogens is 3. The highest BCUT2D eigenvalue weighted by Gasteiger charge is 2.19. The lowest BCUT2D eigenvalue weighted by molar-refractivity contribution is -0.122. The second kappa shape index (κ2) is 8.22. The van der Waals surface area contributed by atoms with Crippen LogP contribution in [0.1, 0.15) is 29.3 Å². The molecule has 0 spiro atoms. The second-order valence-corrected chi connectivity index (χ2v) is 7.88. The van der Waals surface area contributed by atoms with Gasteiger partial charge in [-0.3, -0.25) is 4.79 Å². The molecule has 0 saturated carbocycles. The first-order valence-corrected chi connectivity index (χ1v) is 10.3. The Labute approximate surface area is 181 Å². The van der Waals surface area contributed by atoms with Gasteiger partial charge in [-0.15, -0.1) is 0 Å². The third-order valence-electron chi connectivity index (χ3n) is 5.29. The number of nitrogens with zero attached hydrogens (tertiary/aromatic N) is 3. The third kappa shape index (κ3) is 4.14. The van der Waals surface area contributed by atoms with E-state index in [1.165, 1.54) is 0 Å². The van der Waals surface area contributed by atoms with Gasteiger partial charge in [0.05, 0.1) is 11.4 Å². The van der Waals surface area contributed by atoms with Gasteiger partial charge >= 0.3 is 0 Å². The van der Waals surface area contributed by atoms with Gasteiger partial charge in [0.15, 0.2) is 11.8 Å². The molecule has 1 atom stereocenters. The first-order valence-electron chi connectivity index (χ1n) is 10.3. The summed E-state index contributed by atoms with van der Waals surface area (Å²) in [6.07, 6.45) is -0.709. The van der Waals surface area contributed by atoms with E-state index < -0.39 is 6.10 Å². The molecule has 2 aromatic heterocycles. The van der Waals surface area contributed by atoms with Crippen molar-refractivity contribution >= 4 is 22.6 Å². The number of carbonyl (C=O) groups is 1. The maximum absolute atomic E-state index is 12.7. The largest absolute Gasteiger partial charge is 0.464 e. The highest BCUT2D eigenvalue weighted by atomic mass is 16.5. The van der Waals surface area contributed by atoms with Gasteiger partial charge in [-0.05, 0) is 63.9 Å². The predicted octanol–water partition coefficient (Wildman–Crippen LogP) is 5.06. The first kappa shape index (κ1) is 20.6. The van der Waals surface area contributed by atoms with Crippen LogP contribution in [-0.2, 0) is 4.79 Å². The van der Waals surface area contributed by atoms with Crippen LogP contribution in [0.4, 0.5) is 5.69 Å². The Morgan fingerprint density at radius 2 is 1.74 bits per heavy atom. The molecule has 0 aliphatic rings. The molecule has 31 heavy (non-hydrogen) atoms. The van der Waals surface area contributed by atoms with E-state index in [1.54, 1.807) is 6.92 Å². The highest BCUT2D eigenvalue weighted by molar-refractivity contribution is 5.94. The zero-order chi connectivity index (χ0) is 22.1. The number of amides is 1. The number of hydrogen-bond acceptors (Lipinski definition) is 4. The fourth-order valence-corrected chi connectivity index (χ4v) is 3.71. The summed E-state index contributed by atoms with van der Waals surface area (Å²) >= 11 is 0. The van der Waals surface area contributed by atoms with E-state index in [0.29, 0.717) is 11.5 Å². The zero-order valence-corrected chi connectivity index (χ0v) is 18.4. The van der Waals surface area contributed by atoms with Crippen molar-refractivity contribution < 1.29 is 9.53 Å². The van der Waals surface area contributed by atoms with E-state index in [1.807, 2.05) is 87.0 Å². The van der Waals surface area contributed by atoms with Crippen LogP contribution in [0.5, 0.6) is 5.88 Å². The number of pyridine rings is 1. The standard InChI is InChI=1S/C25H26N4O2/c1-15-11-12-21(16(2)13-15)26-25(30)19(5)31-22-14-17(3)23-18(4)28-29(24(23)27-22)20-9-7-6-8-10-20/h6-14,19H,1-5H3,(H,26,30). The van der Waals surface area contributed by atoms with E-state index in [2.05, 4.69) is 10.4 Å². The van der Waals surface area contributed by atoms with Gasteiger partial charge in [0, 0.05) is 17.1 Å². The summed E-state index contributed by atoms with van der Waals surface area (Å²) in [6.45, 7) is 9.69. The summed E-state index contributed by atoms with van der Waals surface area (Å²) in [6, 6.07) is 17.6. The van der Waals surface area contributed by atoms with Crippen LogP contribution in [-0.4, -0.2) is 26.8 Å². The van der Waals surface area contributed by atoms with Crippen molar-refractivity contribution in [2.45, 2.75) is 40.7 Å². The molecule has 2 aromatic carbocycles. The molecule has 1 unspecified atom stereocenters. The van der Waals surface area contributed by atoms with Gasteiger partial charge in [-0.1, -0.05) is 35.9 Å². The number of rotatable bonds is 5. The molecular formula is C25H26N4O2. The third-order valence-corrected chi connectivity index (χ3v) is 5.29. The van der Waals surface area contributed by atoms with Crippen molar-refractivity contribution in [3.05, 3.63) is 77.0 Å². The van der Waals surface area contributed by atoms with E-state index in [0.717, 1.165) is 39.1 Å². The zero-order valence-electron chi connectivity index (χ0n) is 18.4. The minimum absolute atomic E-state index is 0.223. The molecule has 1 N–H and O–H groups in total. The summed E-state index contributed by atoms with van der Waals surface area (Å²) in [4.78, 5) is 17.4. The van der Waals surface area contributed by atoms with Gasteiger partial charge < -0.3 is 10.1 Å². The van der Waals surface area contributed by atoms with E-state index >= 15 is 0 Å². The van der Waals surface area contributed by atoms with Gasteiger partial charge in [-0.2, -0.15) is 10.1 Å². The molecule has 0 bridgehead atoms. The predicted molar refractivity (Wildman–Crippen MR) is 123 cm³/mol. The lowest BCUT2D eigenvalue weighted by Gasteiger charge is -2.16. The molecule has 0 aliphatic heterocycles. The number of fused-ring (bicyclic) bond motifs is 1. The summed E-state index contributed by atoms with van der Waals surface area (Å²) in [5.41, 5.74) is 6.48. The second-order valence-electron chi connectivity index (χ2n) is 7.88. The average Bonchev–Trinajstić information content (AvgIpc) is 3.07. The molecule has 6 heteroatoms. The fourth-order valence-electron chi connectivity index (χ4n) is 3.71. The average molecular weight is 415 g/mol. The minimum atomic E-state index is -0.709. The number of carbonyl (C=O) groups excluding carboxylic acids is 1. The monoisotopic (exact) mass is 414 g/mol. The normalized spacial score (nSPS) is 12.0. The quantitative estimate of drug-likeness (QED) is 0.496. The topological polar surface area (TPSA) is 69.0 Å². The van der Waals surface area contributed by atoms with Crippen molar-refractivity contribution in [3.63, 3.8) is 0 Å². The maximum Gasteiger partial charge on any atom is 0.265 e. The summed E-state index contributed by atoms with van der Waals surface area (Å²) in [7, 11) is 0. The van der Waals surface area contributed by atoms with E-state index in [-0.39, 0.29) is 5.91 Å². The van der Waals surface area contributed by atoms with Crippen LogP contribution in [0, 0.1) is 27.7 Å². The SMILES string of the molecule is Cc1ccc(NC(=O)C(C)Oc2cc(C)c3c(C)nn(-c4ccccc4)c3n2)c(C)c1. The number of hydrogen-bond donors (Lipinski definition) is 1. The maximum atomic E-state index is 12.7. The molecule has 4 aromatic rings. The van der Waals surface area contributed by atoms with Gasteiger partial charge in [0.25, 0.3) is 5.91 Å². The van der Waals surface area contributed by atoms with Crippen LogP contribution in [0.25, 0.3) is 16.7 Å². The Balaban J connectivity index is 1.61. The van der Waals surface area contributed by atoms with Crippen molar-refractivity contribution in [2.24, 2.45) is 0 Å². The summed E-state index contributed by atoms with van der Waals surface area (Å²) in [5.74, 6) is 0.171. The Morgan fingerprint density at radius 3 is 2.45 bits per heavy atom. The number of aryl methyl sites for hydroxylation is 4. The highest BCUT2D eigenvalue weighted by Crippen LogP contribution is 2.27. The fraction of sp³-hybridized carbons (Fsp3) is 0.240. The number of ether oxygens (including phenoxy) is 1. The summed E-state index contributed by atoms with van der Waals surface area (Å²) < 4.78 is 7.75. The molecule has 0 saturated heterocycles. The Morgan fingerprint density at radius 1 is 1.00 bits per heavy atom. The Bertz CT molecular complexity index is 1260. The van der Waals surface area contributed by atoms with Gasteiger partial charge in [0.1, 0.15) is 0 Å². The van der Waals surface area contributed by atoms with Crippen molar-refractivity contribution in [2.75, 3.05) is 5.32 Å². The van der Waals surface area contributed by atoms with Crippen LogP contribution in [0.2, 0.25) is 0 Å². The molecule has 0 fully saturated rings. The van der Waals surface area contributed by atoms with Crippen LogP contribution < -0.4 is 10.1 Å². The van der Waals surface area contributed by atoms with Crippen LogP contribution >= 0.6 is 0 Å².